The van der Waals surface area contributed by atoms with Crippen molar-refractivity contribution in [2.45, 2.75) is 24.7 Å². The Morgan fingerprint density at radius 3 is 2.38 bits per heavy atom. The highest BCUT2D eigenvalue weighted by atomic mass is 32.2. The standard InChI is InChI=1S/C18H18N2O5S/c1-12-11-15(8-9-16(12)20-10-2-3-17(20)21)26(24,25)19-14-6-4-13(5-7-14)18(22)23/h4-9,11,19H,2-3,10H2,1H3,(H,22,23). The maximum atomic E-state index is 12.6. The second-order valence-corrected chi connectivity index (χ2v) is 7.77. The van der Waals surface area contributed by atoms with Crippen LogP contribution in [0.25, 0.3) is 0 Å². The molecule has 3 rings (SSSR count). The summed E-state index contributed by atoms with van der Waals surface area (Å²) in [6.07, 6.45) is 1.31. The van der Waals surface area contributed by atoms with Gasteiger partial charge in [-0.15, -0.1) is 0 Å². The van der Waals surface area contributed by atoms with Crippen LogP contribution < -0.4 is 9.62 Å². The average molecular weight is 374 g/mol. The van der Waals surface area contributed by atoms with Crippen molar-refractivity contribution in [3.05, 3.63) is 53.6 Å². The lowest BCUT2D eigenvalue weighted by Gasteiger charge is -2.19. The highest BCUT2D eigenvalue weighted by molar-refractivity contribution is 7.92. The Morgan fingerprint density at radius 1 is 1.15 bits per heavy atom. The van der Waals surface area contributed by atoms with Gasteiger partial charge in [0.1, 0.15) is 0 Å². The van der Waals surface area contributed by atoms with Crippen molar-refractivity contribution in [3.63, 3.8) is 0 Å². The first kappa shape index (κ1) is 17.9. The van der Waals surface area contributed by atoms with E-state index in [2.05, 4.69) is 4.72 Å². The van der Waals surface area contributed by atoms with Crippen molar-refractivity contribution < 1.29 is 23.1 Å². The molecule has 0 aromatic heterocycles. The van der Waals surface area contributed by atoms with Crippen LogP contribution in [-0.2, 0) is 14.8 Å². The van der Waals surface area contributed by atoms with Crippen molar-refractivity contribution in [2.75, 3.05) is 16.2 Å². The summed E-state index contributed by atoms with van der Waals surface area (Å²) in [7, 11) is -3.82. The summed E-state index contributed by atoms with van der Waals surface area (Å²) >= 11 is 0. The molecule has 1 aliphatic heterocycles. The van der Waals surface area contributed by atoms with Crippen LogP contribution >= 0.6 is 0 Å². The number of benzene rings is 2. The molecule has 0 atom stereocenters. The van der Waals surface area contributed by atoms with Crippen LogP contribution in [0.2, 0.25) is 0 Å². The number of hydrogen-bond acceptors (Lipinski definition) is 4. The van der Waals surface area contributed by atoms with Crippen LogP contribution in [-0.4, -0.2) is 31.9 Å². The number of amides is 1. The largest absolute Gasteiger partial charge is 0.478 e. The van der Waals surface area contributed by atoms with Gasteiger partial charge in [-0.25, -0.2) is 13.2 Å². The summed E-state index contributed by atoms with van der Waals surface area (Å²) in [5, 5.41) is 8.88. The molecular formula is C18H18N2O5S. The zero-order valence-electron chi connectivity index (χ0n) is 14.1. The number of sulfonamides is 1. The summed E-state index contributed by atoms with van der Waals surface area (Å²) in [4.78, 5) is 24.5. The Labute approximate surface area is 151 Å². The van der Waals surface area contributed by atoms with Crippen LogP contribution in [0.5, 0.6) is 0 Å². The van der Waals surface area contributed by atoms with Gasteiger partial charge in [-0.2, -0.15) is 0 Å². The fraction of sp³-hybridized carbons (Fsp3) is 0.222. The molecule has 1 saturated heterocycles. The number of anilines is 2. The molecule has 0 saturated carbocycles. The van der Waals surface area contributed by atoms with Gasteiger partial charge in [0.05, 0.1) is 10.5 Å². The van der Waals surface area contributed by atoms with E-state index in [1.165, 1.54) is 36.4 Å². The molecule has 2 aromatic carbocycles. The first-order valence-electron chi connectivity index (χ1n) is 8.05. The maximum Gasteiger partial charge on any atom is 0.335 e. The van der Waals surface area contributed by atoms with E-state index in [-0.39, 0.29) is 22.1 Å². The lowest BCUT2D eigenvalue weighted by molar-refractivity contribution is -0.117. The molecule has 0 aliphatic carbocycles. The smallest absolute Gasteiger partial charge is 0.335 e. The van der Waals surface area contributed by atoms with Crippen molar-refractivity contribution in [2.24, 2.45) is 0 Å². The summed E-state index contributed by atoms with van der Waals surface area (Å²) in [5.74, 6) is -1.04. The predicted octanol–water partition coefficient (Wildman–Crippen LogP) is 2.62. The van der Waals surface area contributed by atoms with Crippen molar-refractivity contribution >= 4 is 33.3 Å². The first-order chi connectivity index (χ1) is 12.3. The van der Waals surface area contributed by atoms with Gasteiger partial charge in [0.2, 0.25) is 5.91 Å². The number of rotatable bonds is 5. The van der Waals surface area contributed by atoms with E-state index in [1.807, 2.05) is 0 Å². The number of carbonyl (C=O) groups is 2. The second kappa shape index (κ2) is 6.80. The molecule has 1 fully saturated rings. The summed E-state index contributed by atoms with van der Waals surface area (Å²) in [5.41, 5.74) is 1.76. The summed E-state index contributed by atoms with van der Waals surface area (Å²) in [6, 6.07) is 10.1. The maximum absolute atomic E-state index is 12.6. The molecule has 2 N–H and O–H groups in total. The van der Waals surface area contributed by atoms with Crippen molar-refractivity contribution in [1.29, 1.82) is 0 Å². The Bertz CT molecular complexity index is 968. The van der Waals surface area contributed by atoms with E-state index in [4.69, 9.17) is 5.11 Å². The highest BCUT2D eigenvalue weighted by Gasteiger charge is 2.24. The monoisotopic (exact) mass is 374 g/mol. The fourth-order valence-electron chi connectivity index (χ4n) is 2.90. The minimum atomic E-state index is -3.82. The first-order valence-corrected chi connectivity index (χ1v) is 9.53. The van der Waals surface area contributed by atoms with Crippen LogP contribution in [0.1, 0.15) is 28.8 Å². The van der Waals surface area contributed by atoms with Gasteiger partial charge in [-0.05, 0) is 61.4 Å². The molecular weight excluding hydrogens is 356 g/mol. The third-order valence-electron chi connectivity index (χ3n) is 4.23. The number of aromatic carboxylic acids is 1. The average Bonchev–Trinajstić information content (AvgIpc) is 3.00. The molecule has 0 bridgehead atoms. The molecule has 2 aromatic rings. The lowest BCUT2D eigenvalue weighted by atomic mass is 10.2. The minimum Gasteiger partial charge on any atom is -0.478 e. The second-order valence-electron chi connectivity index (χ2n) is 6.09. The third kappa shape index (κ3) is 3.55. The molecule has 1 heterocycles. The zero-order valence-corrected chi connectivity index (χ0v) is 14.9. The molecule has 8 heteroatoms. The van der Waals surface area contributed by atoms with E-state index in [1.54, 1.807) is 17.9 Å². The third-order valence-corrected chi connectivity index (χ3v) is 5.61. The Hall–Kier alpha value is -2.87. The van der Waals surface area contributed by atoms with Crippen LogP contribution in [0.15, 0.2) is 47.4 Å². The predicted molar refractivity (Wildman–Crippen MR) is 97.0 cm³/mol. The molecule has 0 unspecified atom stereocenters. The van der Waals surface area contributed by atoms with E-state index in [0.717, 1.165) is 12.1 Å². The van der Waals surface area contributed by atoms with Gasteiger partial charge in [-0.1, -0.05) is 0 Å². The molecule has 1 amide bonds. The molecule has 1 aliphatic rings. The molecule has 0 radical (unpaired) electrons. The van der Waals surface area contributed by atoms with Gasteiger partial charge in [0, 0.05) is 24.3 Å². The van der Waals surface area contributed by atoms with Gasteiger partial charge in [0.15, 0.2) is 0 Å². The topological polar surface area (TPSA) is 104 Å². The number of carbonyl (C=O) groups excluding carboxylic acids is 1. The Kier molecular flexibility index (Phi) is 4.69. The van der Waals surface area contributed by atoms with E-state index in [0.29, 0.717) is 18.5 Å². The van der Waals surface area contributed by atoms with E-state index >= 15 is 0 Å². The molecule has 0 spiro atoms. The van der Waals surface area contributed by atoms with Gasteiger partial charge >= 0.3 is 5.97 Å². The van der Waals surface area contributed by atoms with Gasteiger partial charge in [-0.3, -0.25) is 9.52 Å². The number of carboxylic acids is 1. The summed E-state index contributed by atoms with van der Waals surface area (Å²) < 4.78 is 27.5. The number of nitrogens with one attached hydrogen (secondary N) is 1. The van der Waals surface area contributed by atoms with Crippen LogP contribution in [0.4, 0.5) is 11.4 Å². The van der Waals surface area contributed by atoms with E-state index in [9.17, 15) is 18.0 Å². The van der Waals surface area contributed by atoms with E-state index < -0.39 is 16.0 Å². The van der Waals surface area contributed by atoms with Crippen LogP contribution in [0.3, 0.4) is 0 Å². The summed E-state index contributed by atoms with van der Waals surface area (Å²) in [6.45, 7) is 2.40. The van der Waals surface area contributed by atoms with Crippen LogP contribution in [0, 0.1) is 6.92 Å². The quantitative estimate of drug-likeness (QED) is 0.837. The van der Waals surface area contributed by atoms with Gasteiger partial charge in [0.25, 0.3) is 10.0 Å². The van der Waals surface area contributed by atoms with Crippen molar-refractivity contribution in [1.82, 2.24) is 0 Å². The van der Waals surface area contributed by atoms with Gasteiger partial charge < -0.3 is 10.0 Å². The molecule has 136 valence electrons. The highest BCUT2D eigenvalue weighted by Crippen LogP contribution is 2.28. The number of hydrogen-bond donors (Lipinski definition) is 2. The fourth-order valence-corrected chi connectivity index (χ4v) is 4.04. The lowest BCUT2D eigenvalue weighted by Crippen LogP contribution is -2.24. The SMILES string of the molecule is Cc1cc(S(=O)(=O)Nc2ccc(C(=O)O)cc2)ccc1N1CCCC1=O. The minimum absolute atomic E-state index is 0.0420. The zero-order chi connectivity index (χ0) is 18.9. The molecule has 7 nitrogen and oxygen atoms in total. The number of carboxylic acid groups (broad SMARTS) is 1. The Balaban J connectivity index is 1.84. The normalized spacial score (nSPS) is 14.5. The number of aryl methyl sites for hydroxylation is 1. The Morgan fingerprint density at radius 2 is 1.85 bits per heavy atom. The van der Waals surface area contributed by atoms with Crippen molar-refractivity contribution in [3.8, 4) is 0 Å². The number of nitrogens with zero attached hydrogens (tertiary/aromatic N) is 1. The molecule has 26 heavy (non-hydrogen) atoms.